The lowest BCUT2D eigenvalue weighted by molar-refractivity contribution is -0.385. The van der Waals surface area contributed by atoms with Gasteiger partial charge in [0.2, 0.25) is 0 Å². The summed E-state index contributed by atoms with van der Waals surface area (Å²) in [6.07, 6.45) is 4.40. The summed E-state index contributed by atoms with van der Waals surface area (Å²) < 4.78 is 0. The van der Waals surface area contributed by atoms with Crippen LogP contribution in [0.1, 0.15) is 31.7 Å². The minimum Gasteiger partial charge on any atom is -0.314 e. The van der Waals surface area contributed by atoms with Crippen molar-refractivity contribution in [1.82, 2.24) is 5.32 Å². The smallest absolute Gasteiger partial charge is 0.272 e. The molecule has 1 fully saturated rings. The Morgan fingerprint density at radius 1 is 1.39 bits per heavy atom. The molecule has 1 N–H and O–H groups in total. The minimum atomic E-state index is -0.271. The van der Waals surface area contributed by atoms with E-state index in [0.717, 1.165) is 18.5 Å². The van der Waals surface area contributed by atoms with E-state index in [1.54, 1.807) is 12.1 Å². The maximum atomic E-state index is 11.0. The zero-order chi connectivity index (χ0) is 13.0. The van der Waals surface area contributed by atoms with Gasteiger partial charge in [-0.25, -0.2) is 0 Å². The van der Waals surface area contributed by atoms with Gasteiger partial charge in [0.05, 0.1) is 4.92 Å². The fourth-order valence-electron chi connectivity index (χ4n) is 2.96. The van der Waals surface area contributed by atoms with Gasteiger partial charge in [-0.3, -0.25) is 10.1 Å². The van der Waals surface area contributed by atoms with E-state index in [4.69, 9.17) is 0 Å². The van der Waals surface area contributed by atoms with Gasteiger partial charge >= 0.3 is 0 Å². The highest BCUT2D eigenvalue weighted by atomic mass is 16.6. The molecule has 0 radical (unpaired) electrons. The van der Waals surface area contributed by atoms with Crippen molar-refractivity contribution in [2.45, 2.75) is 38.6 Å². The number of nitro benzene ring substituents is 1. The lowest BCUT2D eigenvalue weighted by atomic mass is 9.93. The number of hydrogen-bond donors (Lipinski definition) is 1. The summed E-state index contributed by atoms with van der Waals surface area (Å²) in [7, 11) is 0. The van der Waals surface area contributed by atoms with Crippen LogP contribution in [-0.2, 0) is 6.42 Å². The highest BCUT2D eigenvalue weighted by Crippen LogP contribution is 2.31. The first kappa shape index (κ1) is 13.0. The zero-order valence-electron chi connectivity index (χ0n) is 10.8. The van der Waals surface area contributed by atoms with Gasteiger partial charge in [0, 0.05) is 17.7 Å². The van der Waals surface area contributed by atoms with Gasteiger partial charge in [0.1, 0.15) is 0 Å². The standard InChI is InChI=1S/C14H20N2O2/c1-2-15-13-8-5-7-11(13)10-12-6-3-4-9-14(12)16(17)18/h3-4,6,9,11,13,15H,2,5,7-8,10H2,1H3. The molecule has 2 rings (SSSR count). The molecule has 0 aromatic heterocycles. The van der Waals surface area contributed by atoms with Gasteiger partial charge < -0.3 is 5.32 Å². The number of benzene rings is 1. The Bertz CT molecular complexity index is 420. The molecule has 98 valence electrons. The molecular formula is C14H20N2O2. The molecule has 2 atom stereocenters. The van der Waals surface area contributed by atoms with Crippen LogP contribution < -0.4 is 5.32 Å². The highest BCUT2D eigenvalue weighted by molar-refractivity contribution is 5.40. The Morgan fingerprint density at radius 3 is 2.89 bits per heavy atom. The molecule has 1 aromatic carbocycles. The third-order valence-electron chi connectivity index (χ3n) is 3.80. The zero-order valence-corrected chi connectivity index (χ0v) is 10.8. The predicted octanol–water partition coefficient (Wildman–Crippen LogP) is 2.92. The molecular weight excluding hydrogens is 228 g/mol. The van der Waals surface area contributed by atoms with Gasteiger partial charge in [0.25, 0.3) is 5.69 Å². The molecule has 18 heavy (non-hydrogen) atoms. The van der Waals surface area contributed by atoms with E-state index in [1.807, 2.05) is 12.1 Å². The quantitative estimate of drug-likeness (QED) is 0.644. The molecule has 1 aliphatic carbocycles. The SMILES string of the molecule is CCNC1CCCC1Cc1ccccc1[N+](=O)[O-]. The van der Waals surface area contributed by atoms with Crippen LogP contribution in [0, 0.1) is 16.0 Å². The normalized spacial score (nSPS) is 23.2. The average Bonchev–Trinajstić information content (AvgIpc) is 2.78. The maximum absolute atomic E-state index is 11.0. The van der Waals surface area contributed by atoms with Crippen LogP contribution in [-0.4, -0.2) is 17.5 Å². The Kier molecular flexibility index (Phi) is 4.31. The van der Waals surface area contributed by atoms with E-state index in [1.165, 1.54) is 19.3 Å². The van der Waals surface area contributed by atoms with Crippen LogP contribution in [0.3, 0.4) is 0 Å². The van der Waals surface area contributed by atoms with E-state index in [-0.39, 0.29) is 10.6 Å². The van der Waals surface area contributed by atoms with Crippen molar-refractivity contribution >= 4 is 5.69 Å². The number of para-hydroxylation sites is 1. The number of rotatable bonds is 5. The van der Waals surface area contributed by atoms with Gasteiger partial charge in [-0.1, -0.05) is 31.5 Å². The molecule has 1 aromatic rings. The summed E-state index contributed by atoms with van der Waals surface area (Å²) in [5, 5.41) is 14.5. The Morgan fingerprint density at radius 2 is 2.17 bits per heavy atom. The molecule has 0 heterocycles. The molecule has 0 bridgehead atoms. The molecule has 0 saturated heterocycles. The van der Waals surface area contributed by atoms with Crippen molar-refractivity contribution in [2.24, 2.45) is 5.92 Å². The predicted molar refractivity (Wildman–Crippen MR) is 71.6 cm³/mol. The first-order valence-electron chi connectivity index (χ1n) is 6.68. The first-order chi connectivity index (χ1) is 8.72. The monoisotopic (exact) mass is 248 g/mol. The summed E-state index contributed by atoms with van der Waals surface area (Å²) in [5.74, 6) is 0.533. The summed E-state index contributed by atoms with van der Waals surface area (Å²) in [5.41, 5.74) is 1.14. The Balaban J connectivity index is 2.11. The Labute approximate surface area is 108 Å². The van der Waals surface area contributed by atoms with Crippen molar-refractivity contribution in [3.05, 3.63) is 39.9 Å². The van der Waals surface area contributed by atoms with Gasteiger partial charge in [-0.05, 0) is 31.7 Å². The molecule has 1 aliphatic rings. The highest BCUT2D eigenvalue weighted by Gasteiger charge is 2.28. The lowest BCUT2D eigenvalue weighted by Crippen LogP contribution is -2.33. The van der Waals surface area contributed by atoms with E-state index in [0.29, 0.717) is 12.0 Å². The molecule has 0 amide bonds. The Hall–Kier alpha value is -1.42. The van der Waals surface area contributed by atoms with E-state index in [9.17, 15) is 10.1 Å². The second-order valence-corrected chi connectivity index (χ2v) is 4.95. The fraction of sp³-hybridized carbons (Fsp3) is 0.571. The second-order valence-electron chi connectivity index (χ2n) is 4.95. The number of nitro groups is 1. The molecule has 4 nitrogen and oxygen atoms in total. The summed E-state index contributed by atoms with van der Waals surface area (Å²) in [4.78, 5) is 10.7. The van der Waals surface area contributed by atoms with Crippen LogP contribution in [0.15, 0.2) is 24.3 Å². The van der Waals surface area contributed by atoms with Gasteiger partial charge in [-0.15, -0.1) is 0 Å². The lowest BCUT2D eigenvalue weighted by Gasteiger charge is -2.20. The topological polar surface area (TPSA) is 55.2 Å². The van der Waals surface area contributed by atoms with Crippen molar-refractivity contribution in [1.29, 1.82) is 0 Å². The minimum absolute atomic E-state index is 0.264. The summed E-state index contributed by atoms with van der Waals surface area (Å²) in [6.45, 7) is 3.08. The molecule has 2 unspecified atom stereocenters. The number of hydrogen-bond acceptors (Lipinski definition) is 3. The van der Waals surface area contributed by atoms with Crippen LogP contribution >= 0.6 is 0 Å². The molecule has 1 saturated carbocycles. The van der Waals surface area contributed by atoms with Crippen LogP contribution in [0.5, 0.6) is 0 Å². The van der Waals surface area contributed by atoms with E-state index < -0.39 is 0 Å². The van der Waals surface area contributed by atoms with Gasteiger partial charge in [0.15, 0.2) is 0 Å². The van der Waals surface area contributed by atoms with Crippen molar-refractivity contribution in [3.63, 3.8) is 0 Å². The van der Waals surface area contributed by atoms with Crippen molar-refractivity contribution in [3.8, 4) is 0 Å². The number of nitrogens with zero attached hydrogens (tertiary/aromatic N) is 1. The van der Waals surface area contributed by atoms with E-state index >= 15 is 0 Å². The maximum Gasteiger partial charge on any atom is 0.272 e. The van der Waals surface area contributed by atoms with E-state index in [2.05, 4.69) is 12.2 Å². The fourth-order valence-corrected chi connectivity index (χ4v) is 2.96. The third kappa shape index (κ3) is 2.88. The largest absolute Gasteiger partial charge is 0.314 e. The first-order valence-corrected chi connectivity index (χ1v) is 6.68. The van der Waals surface area contributed by atoms with Crippen LogP contribution in [0.2, 0.25) is 0 Å². The average molecular weight is 248 g/mol. The van der Waals surface area contributed by atoms with Crippen molar-refractivity contribution in [2.75, 3.05) is 6.54 Å². The van der Waals surface area contributed by atoms with Gasteiger partial charge in [-0.2, -0.15) is 0 Å². The summed E-state index contributed by atoms with van der Waals surface area (Å²) >= 11 is 0. The third-order valence-corrected chi connectivity index (χ3v) is 3.80. The van der Waals surface area contributed by atoms with Crippen LogP contribution in [0.25, 0.3) is 0 Å². The second kappa shape index (κ2) is 5.96. The van der Waals surface area contributed by atoms with Crippen LogP contribution in [0.4, 0.5) is 5.69 Å². The molecule has 4 heteroatoms. The molecule has 0 aliphatic heterocycles. The number of nitrogens with one attached hydrogen (secondary N) is 1. The summed E-state index contributed by atoms with van der Waals surface area (Å²) in [6, 6.07) is 7.64. The van der Waals surface area contributed by atoms with Crippen molar-refractivity contribution < 1.29 is 4.92 Å². The molecule has 0 spiro atoms.